The first-order valence-electron chi connectivity index (χ1n) is 8.42. The van der Waals surface area contributed by atoms with E-state index in [0.717, 1.165) is 46.0 Å². The number of thioether (sulfide) groups is 1. The second-order valence-corrected chi connectivity index (χ2v) is 7.22. The van der Waals surface area contributed by atoms with Crippen molar-refractivity contribution in [3.8, 4) is 0 Å². The van der Waals surface area contributed by atoms with Crippen LogP contribution in [0.3, 0.4) is 0 Å². The van der Waals surface area contributed by atoms with Crippen molar-refractivity contribution >= 4 is 34.4 Å². The lowest BCUT2D eigenvalue weighted by molar-refractivity contribution is -0.116. The van der Waals surface area contributed by atoms with E-state index in [1.807, 2.05) is 38.4 Å². The van der Waals surface area contributed by atoms with Gasteiger partial charge in [0, 0.05) is 17.9 Å². The minimum atomic E-state index is 0.0487. The normalized spacial score (nSPS) is 11.2. The molecule has 8 heteroatoms. The molecule has 0 aliphatic rings. The Hall–Kier alpha value is -2.45. The first-order valence-corrected chi connectivity index (χ1v) is 9.41. The van der Waals surface area contributed by atoms with Gasteiger partial charge in [0.05, 0.1) is 11.6 Å². The molecule has 2 heterocycles. The largest absolute Gasteiger partial charge is 0.326 e. The molecule has 2 N–H and O–H groups in total. The first-order chi connectivity index (χ1) is 12.6. The molecular weight excluding hydrogens is 348 g/mol. The summed E-state index contributed by atoms with van der Waals surface area (Å²) in [7, 11) is 4.02. The van der Waals surface area contributed by atoms with E-state index in [0.29, 0.717) is 6.42 Å². The Morgan fingerprint density at radius 2 is 2.19 bits per heavy atom. The van der Waals surface area contributed by atoms with Gasteiger partial charge >= 0.3 is 0 Å². The fourth-order valence-corrected chi connectivity index (χ4v) is 3.44. The number of anilines is 1. The van der Waals surface area contributed by atoms with Gasteiger partial charge in [-0.05, 0) is 44.8 Å². The van der Waals surface area contributed by atoms with Crippen LogP contribution in [0, 0.1) is 0 Å². The molecule has 0 bridgehead atoms. The van der Waals surface area contributed by atoms with Gasteiger partial charge in [-0.1, -0.05) is 12.1 Å². The van der Waals surface area contributed by atoms with Gasteiger partial charge in [0.1, 0.15) is 11.4 Å². The van der Waals surface area contributed by atoms with Crippen molar-refractivity contribution in [2.45, 2.75) is 23.6 Å². The Balaban J connectivity index is 1.57. The van der Waals surface area contributed by atoms with E-state index in [9.17, 15) is 4.79 Å². The van der Waals surface area contributed by atoms with Gasteiger partial charge in [-0.2, -0.15) is 5.10 Å². The molecule has 3 rings (SSSR count). The Kier molecular flexibility index (Phi) is 6.19. The van der Waals surface area contributed by atoms with Crippen molar-refractivity contribution in [3.05, 3.63) is 42.4 Å². The third-order valence-electron chi connectivity index (χ3n) is 3.81. The summed E-state index contributed by atoms with van der Waals surface area (Å²) in [6, 6.07) is 7.92. The van der Waals surface area contributed by atoms with Gasteiger partial charge in [0.2, 0.25) is 5.91 Å². The van der Waals surface area contributed by atoms with Gasteiger partial charge in [0.25, 0.3) is 0 Å². The minimum Gasteiger partial charge on any atom is -0.326 e. The molecule has 1 aromatic carbocycles. The first kappa shape index (κ1) is 18.3. The van der Waals surface area contributed by atoms with Crippen LogP contribution in [0.25, 0.3) is 11.0 Å². The van der Waals surface area contributed by atoms with Crippen LogP contribution < -0.4 is 5.32 Å². The predicted molar refractivity (Wildman–Crippen MR) is 104 cm³/mol. The quantitative estimate of drug-likeness (QED) is 0.468. The van der Waals surface area contributed by atoms with Crippen LogP contribution in [0.5, 0.6) is 0 Å². The van der Waals surface area contributed by atoms with Crippen molar-refractivity contribution in [1.29, 1.82) is 0 Å². The van der Waals surface area contributed by atoms with Gasteiger partial charge in [-0.25, -0.2) is 9.97 Å². The summed E-state index contributed by atoms with van der Waals surface area (Å²) in [4.78, 5) is 22.6. The maximum atomic E-state index is 12.0. The number of amides is 1. The molecule has 0 aliphatic heterocycles. The van der Waals surface area contributed by atoms with Crippen LogP contribution in [0.15, 0.2) is 41.8 Å². The number of carbonyl (C=O) groups excluding carboxylic acids is 1. The lowest BCUT2D eigenvalue weighted by Gasteiger charge is -2.10. The number of aromatic nitrogens is 4. The summed E-state index contributed by atoms with van der Waals surface area (Å²) < 4.78 is 0. The summed E-state index contributed by atoms with van der Waals surface area (Å²) >= 11 is 1.62. The molecule has 0 fully saturated rings. The Morgan fingerprint density at radius 3 is 3.04 bits per heavy atom. The molecule has 0 aliphatic carbocycles. The number of aromatic amines is 1. The molecule has 0 unspecified atom stereocenters. The van der Waals surface area contributed by atoms with Crippen molar-refractivity contribution in [2.75, 3.05) is 26.0 Å². The second kappa shape index (κ2) is 8.77. The highest BCUT2D eigenvalue weighted by atomic mass is 32.2. The second-order valence-electron chi connectivity index (χ2n) is 6.26. The van der Waals surface area contributed by atoms with Crippen LogP contribution in [0.4, 0.5) is 5.69 Å². The van der Waals surface area contributed by atoms with Crippen molar-refractivity contribution < 1.29 is 4.79 Å². The fourth-order valence-electron chi connectivity index (χ4n) is 2.53. The maximum Gasteiger partial charge on any atom is 0.224 e. The SMILES string of the molecule is CN(C)CCCC(=O)Nc1cccc(CSc2ncnc3[nH]ncc23)c1. The lowest BCUT2D eigenvalue weighted by Crippen LogP contribution is -2.17. The van der Waals surface area contributed by atoms with E-state index in [1.165, 1.54) is 6.33 Å². The van der Waals surface area contributed by atoms with E-state index in [1.54, 1.807) is 18.0 Å². The monoisotopic (exact) mass is 370 g/mol. The van der Waals surface area contributed by atoms with E-state index < -0.39 is 0 Å². The summed E-state index contributed by atoms with van der Waals surface area (Å²) in [5.41, 5.74) is 2.69. The van der Waals surface area contributed by atoms with Gasteiger partial charge in [-0.3, -0.25) is 9.89 Å². The van der Waals surface area contributed by atoms with Crippen molar-refractivity contribution in [2.24, 2.45) is 0 Å². The molecule has 0 spiro atoms. The van der Waals surface area contributed by atoms with Crippen LogP contribution in [-0.2, 0) is 10.5 Å². The Morgan fingerprint density at radius 1 is 1.31 bits per heavy atom. The number of H-pyrrole nitrogens is 1. The zero-order valence-electron chi connectivity index (χ0n) is 14.9. The molecule has 0 saturated heterocycles. The lowest BCUT2D eigenvalue weighted by atomic mass is 10.2. The minimum absolute atomic E-state index is 0.0487. The molecule has 1 amide bonds. The number of carbonyl (C=O) groups is 1. The number of fused-ring (bicyclic) bond motifs is 1. The summed E-state index contributed by atoms with van der Waals surface area (Å²) in [6.45, 7) is 0.908. The Bertz CT molecular complexity index is 879. The molecule has 7 nitrogen and oxygen atoms in total. The number of hydrogen-bond donors (Lipinski definition) is 2. The number of benzene rings is 1. The van der Waals surface area contributed by atoms with Crippen LogP contribution in [0.1, 0.15) is 18.4 Å². The third kappa shape index (κ3) is 5.03. The fraction of sp³-hybridized carbons (Fsp3) is 0.333. The number of nitrogens with zero attached hydrogens (tertiary/aromatic N) is 4. The van der Waals surface area contributed by atoms with E-state index in [2.05, 4.69) is 30.4 Å². The van der Waals surface area contributed by atoms with Crippen LogP contribution in [-0.4, -0.2) is 51.6 Å². The van der Waals surface area contributed by atoms with E-state index in [-0.39, 0.29) is 5.91 Å². The highest BCUT2D eigenvalue weighted by Crippen LogP contribution is 2.27. The molecule has 136 valence electrons. The van der Waals surface area contributed by atoms with E-state index >= 15 is 0 Å². The van der Waals surface area contributed by atoms with E-state index in [4.69, 9.17) is 0 Å². The van der Waals surface area contributed by atoms with Gasteiger partial charge < -0.3 is 10.2 Å². The van der Waals surface area contributed by atoms with Crippen molar-refractivity contribution in [1.82, 2.24) is 25.1 Å². The van der Waals surface area contributed by atoms with Crippen molar-refractivity contribution in [3.63, 3.8) is 0 Å². The molecule has 0 atom stereocenters. The smallest absolute Gasteiger partial charge is 0.224 e. The highest BCUT2D eigenvalue weighted by molar-refractivity contribution is 7.98. The molecule has 3 aromatic rings. The van der Waals surface area contributed by atoms with Crippen LogP contribution >= 0.6 is 11.8 Å². The average molecular weight is 370 g/mol. The third-order valence-corrected chi connectivity index (χ3v) is 4.88. The van der Waals surface area contributed by atoms with Gasteiger partial charge in [0.15, 0.2) is 5.65 Å². The zero-order chi connectivity index (χ0) is 18.4. The average Bonchev–Trinajstić information content (AvgIpc) is 3.09. The predicted octanol–water partition coefficient (Wildman–Crippen LogP) is 2.93. The molecular formula is C18H22N6OS. The zero-order valence-corrected chi connectivity index (χ0v) is 15.7. The topological polar surface area (TPSA) is 86.8 Å². The molecule has 2 aromatic heterocycles. The standard InChI is InChI=1S/C18H22N6OS/c1-24(2)8-4-7-16(25)22-14-6-3-5-13(9-14)11-26-18-15-10-21-23-17(15)19-12-20-18/h3,5-6,9-10,12H,4,7-8,11H2,1-2H3,(H,22,25)(H,19,20,21,23). The highest BCUT2D eigenvalue weighted by Gasteiger charge is 2.07. The summed E-state index contributed by atoms with van der Waals surface area (Å²) in [5.74, 6) is 0.800. The number of rotatable bonds is 8. The van der Waals surface area contributed by atoms with Gasteiger partial charge in [-0.15, -0.1) is 11.8 Å². The van der Waals surface area contributed by atoms with Crippen LogP contribution in [0.2, 0.25) is 0 Å². The molecule has 0 radical (unpaired) electrons. The number of hydrogen-bond acceptors (Lipinski definition) is 6. The molecule has 26 heavy (non-hydrogen) atoms. The summed E-state index contributed by atoms with van der Waals surface area (Å²) in [5, 5.41) is 11.6. The maximum absolute atomic E-state index is 12.0. The molecule has 0 saturated carbocycles. The number of nitrogens with one attached hydrogen (secondary N) is 2. The Labute approximate surface area is 156 Å². The summed E-state index contributed by atoms with van der Waals surface area (Å²) in [6.07, 6.45) is 4.65.